The first kappa shape index (κ1) is 16.3. The molecule has 8 heteroatoms. The zero-order valence-corrected chi connectivity index (χ0v) is 14.2. The number of Topliss-reactive ketones (excluding diaryl/α,β-unsaturated/α-hetero) is 1. The molecule has 3 rings (SSSR count). The van der Waals surface area contributed by atoms with Gasteiger partial charge in [-0.2, -0.15) is 4.98 Å². The molecule has 0 aliphatic rings. The minimum Gasteiger partial charge on any atom is -0.460 e. The van der Waals surface area contributed by atoms with Crippen LogP contribution in [-0.4, -0.2) is 37.9 Å². The summed E-state index contributed by atoms with van der Waals surface area (Å²) in [5, 5.41) is 5.97. The van der Waals surface area contributed by atoms with Gasteiger partial charge in [0.2, 0.25) is 0 Å². The number of thiophene rings is 1. The predicted molar refractivity (Wildman–Crippen MR) is 88.4 cm³/mol. The van der Waals surface area contributed by atoms with E-state index in [1.807, 2.05) is 31.4 Å². The highest BCUT2D eigenvalue weighted by molar-refractivity contribution is 7.12. The van der Waals surface area contributed by atoms with Crippen LogP contribution in [0.5, 0.6) is 0 Å². The van der Waals surface area contributed by atoms with Gasteiger partial charge in [-0.1, -0.05) is 6.07 Å². The second-order valence-electron chi connectivity index (χ2n) is 5.33. The molecule has 0 saturated carbocycles. The monoisotopic (exact) mass is 344 g/mol. The highest BCUT2D eigenvalue weighted by atomic mass is 32.1. The quantitative estimate of drug-likeness (QED) is 0.388. The largest absolute Gasteiger partial charge is 0.460 e. The number of fused-ring (bicyclic) bond motifs is 1. The van der Waals surface area contributed by atoms with Crippen LogP contribution in [0.15, 0.2) is 23.6 Å². The summed E-state index contributed by atoms with van der Waals surface area (Å²) in [6.07, 6.45) is 0.804. The SMILES string of the molecule is Cc1cc(C)n2nc(C(=O)OCCCC(=O)c3cccs3)nc2n1. The molecule has 0 aliphatic heterocycles. The first-order chi connectivity index (χ1) is 11.5. The Hall–Kier alpha value is -2.61. The van der Waals surface area contributed by atoms with Crippen LogP contribution in [0.2, 0.25) is 0 Å². The highest BCUT2D eigenvalue weighted by Gasteiger charge is 2.16. The summed E-state index contributed by atoms with van der Waals surface area (Å²) in [7, 11) is 0. The van der Waals surface area contributed by atoms with Crippen LogP contribution in [0.4, 0.5) is 0 Å². The number of hydrogen-bond donors (Lipinski definition) is 0. The summed E-state index contributed by atoms with van der Waals surface area (Å²) in [4.78, 5) is 32.9. The van der Waals surface area contributed by atoms with E-state index in [2.05, 4.69) is 15.1 Å². The molecule has 3 aromatic heterocycles. The van der Waals surface area contributed by atoms with Crippen LogP contribution in [0, 0.1) is 13.8 Å². The minimum absolute atomic E-state index is 0.0271. The number of nitrogens with zero attached hydrogens (tertiary/aromatic N) is 4. The maximum absolute atomic E-state index is 12.0. The molecule has 0 bridgehead atoms. The Morgan fingerprint density at radius 2 is 2.12 bits per heavy atom. The van der Waals surface area contributed by atoms with E-state index in [0.717, 1.165) is 16.3 Å². The topological polar surface area (TPSA) is 86.5 Å². The van der Waals surface area contributed by atoms with Gasteiger partial charge in [0.1, 0.15) is 0 Å². The fourth-order valence-corrected chi connectivity index (χ4v) is 2.97. The minimum atomic E-state index is -0.610. The van der Waals surface area contributed by atoms with Crippen LogP contribution in [0.3, 0.4) is 0 Å². The Kier molecular flexibility index (Phi) is 4.66. The number of ketones is 1. The van der Waals surface area contributed by atoms with E-state index >= 15 is 0 Å². The molecule has 7 nitrogen and oxygen atoms in total. The maximum atomic E-state index is 12.0. The fourth-order valence-electron chi connectivity index (χ4n) is 2.28. The molecule has 24 heavy (non-hydrogen) atoms. The van der Waals surface area contributed by atoms with Crippen molar-refractivity contribution in [3.05, 3.63) is 45.7 Å². The summed E-state index contributed by atoms with van der Waals surface area (Å²) in [6, 6.07) is 5.48. The smallest absolute Gasteiger partial charge is 0.378 e. The Bertz CT molecular complexity index is 886. The molecule has 0 radical (unpaired) electrons. The molecule has 3 heterocycles. The van der Waals surface area contributed by atoms with Crippen LogP contribution in [0.25, 0.3) is 5.78 Å². The van der Waals surface area contributed by atoms with E-state index in [0.29, 0.717) is 18.6 Å². The molecule has 0 spiro atoms. The molecule has 0 N–H and O–H groups in total. The van der Waals surface area contributed by atoms with E-state index in [9.17, 15) is 9.59 Å². The van der Waals surface area contributed by atoms with E-state index in [-0.39, 0.29) is 18.2 Å². The van der Waals surface area contributed by atoms with Gasteiger partial charge in [-0.05, 0) is 37.8 Å². The molecule has 124 valence electrons. The van der Waals surface area contributed by atoms with Crippen molar-refractivity contribution < 1.29 is 14.3 Å². The van der Waals surface area contributed by atoms with Gasteiger partial charge in [-0.25, -0.2) is 14.3 Å². The van der Waals surface area contributed by atoms with Crippen molar-refractivity contribution >= 4 is 28.9 Å². The molecule has 0 unspecified atom stereocenters. The number of hydrogen-bond acceptors (Lipinski definition) is 7. The highest BCUT2D eigenvalue weighted by Crippen LogP contribution is 2.12. The van der Waals surface area contributed by atoms with Gasteiger partial charge in [0.25, 0.3) is 11.6 Å². The summed E-state index contributed by atoms with van der Waals surface area (Å²) >= 11 is 1.41. The number of carbonyl (C=O) groups is 2. The van der Waals surface area contributed by atoms with Gasteiger partial charge in [-0.3, -0.25) is 4.79 Å². The Morgan fingerprint density at radius 1 is 1.29 bits per heavy atom. The van der Waals surface area contributed by atoms with E-state index < -0.39 is 5.97 Å². The third kappa shape index (κ3) is 3.48. The Morgan fingerprint density at radius 3 is 2.88 bits per heavy atom. The van der Waals surface area contributed by atoms with Crippen LogP contribution in [0.1, 0.15) is 44.5 Å². The molecule has 0 atom stereocenters. The molecule has 3 aromatic rings. The van der Waals surface area contributed by atoms with Crippen molar-refractivity contribution in [3.8, 4) is 0 Å². The summed E-state index contributed by atoms with van der Waals surface area (Å²) in [5.74, 6) is -0.212. The normalized spacial score (nSPS) is 10.9. The molecular weight excluding hydrogens is 328 g/mol. The van der Waals surface area contributed by atoms with Crippen molar-refractivity contribution in [2.24, 2.45) is 0 Å². The number of ether oxygens (including phenoxy) is 1. The average molecular weight is 344 g/mol. The second-order valence-corrected chi connectivity index (χ2v) is 6.27. The van der Waals surface area contributed by atoms with Gasteiger partial charge in [0.05, 0.1) is 11.5 Å². The summed E-state index contributed by atoms with van der Waals surface area (Å²) in [6.45, 7) is 3.86. The van der Waals surface area contributed by atoms with Crippen molar-refractivity contribution in [3.63, 3.8) is 0 Å². The molecule has 0 aliphatic carbocycles. The van der Waals surface area contributed by atoms with Gasteiger partial charge in [0.15, 0.2) is 5.78 Å². The first-order valence-corrected chi connectivity index (χ1v) is 8.37. The summed E-state index contributed by atoms with van der Waals surface area (Å²) in [5.41, 5.74) is 1.64. The van der Waals surface area contributed by atoms with Crippen molar-refractivity contribution in [2.45, 2.75) is 26.7 Å². The standard InChI is InChI=1S/C16H16N4O3S/c1-10-9-11(2)20-16(17-10)18-14(19-20)15(22)23-7-3-5-12(21)13-6-4-8-24-13/h4,6,8-9H,3,5,7H2,1-2H3. The van der Waals surface area contributed by atoms with E-state index in [1.54, 1.807) is 6.07 Å². The molecule has 0 saturated heterocycles. The molecule has 0 fully saturated rings. The maximum Gasteiger partial charge on any atom is 0.378 e. The van der Waals surface area contributed by atoms with Crippen molar-refractivity contribution in [2.75, 3.05) is 6.61 Å². The fraction of sp³-hybridized carbons (Fsp3) is 0.312. The Labute approximate surface area is 142 Å². The number of aromatic nitrogens is 4. The molecule has 0 amide bonds. The summed E-state index contributed by atoms with van der Waals surface area (Å²) < 4.78 is 6.65. The average Bonchev–Trinajstić information content (AvgIpc) is 3.20. The zero-order chi connectivity index (χ0) is 17.1. The number of aryl methyl sites for hydroxylation is 2. The van der Waals surface area contributed by atoms with Gasteiger partial charge >= 0.3 is 5.97 Å². The zero-order valence-electron chi connectivity index (χ0n) is 13.4. The van der Waals surface area contributed by atoms with E-state index in [4.69, 9.17) is 4.74 Å². The van der Waals surface area contributed by atoms with Gasteiger partial charge < -0.3 is 4.74 Å². The van der Waals surface area contributed by atoms with Gasteiger partial charge in [-0.15, -0.1) is 16.4 Å². The predicted octanol–water partition coefficient (Wildman–Crippen LogP) is 2.62. The van der Waals surface area contributed by atoms with Crippen molar-refractivity contribution in [1.29, 1.82) is 0 Å². The van der Waals surface area contributed by atoms with E-state index in [1.165, 1.54) is 15.9 Å². The van der Waals surface area contributed by atoms with Crippen LogP contribution < -0.4 is 0 Å². The number of rotatable bonds is 6. The lowest BCUT2D eigenvalue weighted by Crippen LogP contribution is -2.10. The van der Waals surface area contributed by atoms with Crippen molar-refractivity contribution in [1.82, 2.24) is 19.6 Å². The number of carbonyl (C=O) groups excluding carboxylic acids is 2. The second kappa shape index (κ2) is 6.88. The lowest BCUT2D eigenvalue weighted by Gasteiger charge is -2.01. The lowest BCUT2D eigenvalue weighted by atomic mass is 10.2. The third-order valence-electron chi connectivity index (χ3n) is 3.38. The van der Waals surface area contributed by atoms with Crippen LogP contribution >= 0.6 is 11.3 Å². The third-order valence-corrected chi connectivity index (χ3v) is 4.29. The van der Waals surface area contributed by atoms with Crippen LogP contribution in [-0.2, 0) is 4.74 Å². The number of esters is 1. The Balaban J connectivity index is 1.55. The molecule has 0 aromatic carbocycles. The lowest BCUT2D eigenvalue weighted by molar-refractivity contribution is 0.0480. The molecular formula is C16H16N4O3S. The first-order valence-electron chi connectivity index (χ1n) is 7.49. The van der Waals surface area contributed by atoms with Gasteiger partial charge in [0, 0.05) is 17.8 Å².